The van der Waals surface area contributed by atoms with Gasteiger partial charge in [0.25, 0.3) is 0 Å². The maximum absolute atomic E-state index is 12.5. The number of rotatable bonds is 2. The van der Waals surface area contributed by atoms with Crippen molar-refractivity contribution in [3.8, 4) is 0 Å². The van der Waals surface area contributed by atoms with Gasteiger partial charge < -0.3 is 10.2 Å². The van der Waals surface area contributed by atoms with E-state index in [1.54, 1.807) is 17.9 Å². The number of anilines is 2. The number of nitrogens with zero attached hydrogens (tertiary/aromatic N) is 1. The number of carbonyl (C=O) groups excluding carboxylic acids is 2. The zero-order valence-electron chi connectivity index (χ0n) is 15.5. The second-order valence-electron chi connectivity index (χ2n) is 7.67. The van der Waals surface area contributed by atoms with Gasteiger partial charge in [-0.05, 0) is 36.2 Å². The molecule has 1 aliphatic rings. The number of amides is 2. The van der Waals surface area contributed by atoms with Gasteiger partial charge in [-0.1, -0.05) is 50.6 Å². The lowest BCUT2D eigenvalue weighted by Crippen LogP contribution is -2.32. The summed E-state index contributed by atoms with van der Waals surface area (Å²) in [5.41, 5.74) is 3.05. The largest absolute Gasteiger partial charge is 0.325 e. The highest BCUT2D eigenvalue weighted by Gasteiger charge is 2.35. The Bertz CT molecular complexity index is 871. The number of fused-ring (bicyclic) bond motifs is 1. The van der Waals surface area contributed by atoms with Crippen LogP contribution in [0.15, 0.2) is 42.5 Å². The molecule has 0 spiro atoms. The lowest BCUT2D eigenvalue weighted by atomic mass is 9.94. The van der Waals surface area contributed by atoms with Crippen molar-refractivity contribution in [2.75, 3.05) is 10.2 Å². The van der Waals surface area contributed by atoms with Crippen molar-refractivity contribution in [1.29, 1.82) is 0 Å². The molecule has 136 valence electrons. The fraction of sp³-hybridized carbons (Fsp3) is 0.333. The van der Waals surface area contributed by atoms with Crippen LogP contribution in [-0.2, 0) is 16.0 Å². The van der Waals surface area contributed by atoms with Gasteiger partial charge in [-0.2, -0.15) is 0 Å². The Balaban J connectivity index is 2.05. The molecule has 26 heavy (non-hydrogen) atoms. The average Bonchev–Trinajstić information content (AvgIpc) is 2.95. The normalized spacial score (nSPS) is 16.3. The van der Waals surface area contributed by atoms with Gasteiger partial charge in [0.05, 0.1) is 6.04 Å². The summed E-state index contributed by atoms with van der Waals surface area (Å²) in [6, 6.07) is 13.1. The quantitative estimate of drug-likeness (QED) is 0.810. The van der Waals surface area contributed by atoms with Crippen LogP contribution < -0.4 is 10.2 Å². The molecule has 1 unspecified atom stereocenters. The van der Waals surface area contributed by atoms with E-state index in [0.717, 1.165) is 16.8 Å². The first-order valence-electron chi connectivity index (χ1n) is 8.67. The molecule has 4 nitrogen and oxygen atoms in total. The first-order chi connectivity index (χ1) is 12.2. The molecular weight excluding hydrogens is 348 g/mol. The highest BCUT2D eigenvalue weighted by atomic mass is 35.5. The summed E-state index contributed by atoms with van der Waals surface area (Å²) in [7, 11) is 0. The van der Waals surface area contributed by atoms with Gasteiger partial charge in [0.15, 0.2) is 0 Å². The van der Waals surface area contributed by atoms with Gasteiger partial charge in [0.2, 0.25) is 11.8 Å². The van der Waals surface area contributed by atoms with Crippen molar-refractivity contribution >= 4 is 34.8 Å². The molecule has 2 aromatic carbocycles. The van der Waals surface area contributed by atoms with Crippen LogP contribution >= 0.6 is 11.6 Å². The van der Waals surface area contributed by atoms with Gasteiger partial charge in [-0.3, -0.25) is 9.59 Å². The maximum Gasteiger partial charge on any atom is 0.229 e. The van der Waals surface area contributed by atoms with E-state index in [1.165, 1.54) is 0 Å². The van der Waals surface area contributed by atoms with Gasteiger partial charge in [0, 0.05) is 34.3 Å². The minimum atomic E-state index is -0.518. The number of benzene rings is 2. The third-order valence-corrected chi connectivity index (χ3v) is 4.85. The first-order valence-corrected chi connectivity index (χ1v) is 9.05. The van der Waals surface area contributed by atoms with E-state index in [9.17, 15) is 9.59 Å². The number of hydrogen-bond acceptors (Lipinski definition) is 2. The third kappa shape index (κ3) is 3.47. The van der Waals surface area contributed by atoms with Crippen molar-refractivity contribution in [3.63, 3.8) is 0 Å². The summed E-state index contributed by atoms with van der Waals surface area (Å²) in [6.07, 6.45) is 0.689. The highest BCUT2D eigenvalue weighted by Crippen LogP contribution is 2.43. The zero-order valence-corrected chi connectivity index (χ0v) is 16.2. The molecule has 1 aliphatic heterocycles. The first kappa shape index (κ1) is 18.5. The van der Waals surface area contributed by atoms with Crippen LogP contribution in [0.4, 0.5) is 11.4 Å². The van der Waals surface area contributed by atoms with Gasteiger partial charge in [-0.25, -0.2) is 0 Å². The van der Waals surface area contributed by atoms with E-state index < -0.39 is 5.41 Å². The summed E-state index contributed by atoms with van der Waals surface area (Å²) < 4.78 is 0. The van der Waals surface area contributed by atoms with Gasteiger partial charge >= 0.3 is 0 Å². The van der Waals surface area contributed by atoms with Gasteiger partial charge in [-0.15, -0.1) is 0 Å². The minimum Gasteiger partial charge on any atom is -0.325 e. The van der Waals surface area contributed by atoms with Crippen molar-refractivity contribution in [2.45, 2.75) is 40.2 Å². The number of carbonyl (C=O) groups is 2. The molecule has 1 atom stereocenters. The summed E-state index contributed by atoms with van der Waals surface area (Å²) in [6.45, 7) is 7.16. The molecule has 0 radical (unpaired) electrons. The van der Waals surface area contributed by atoms with Crippen LogP contribution in [0, 0.1) is 5.41 Å². The van der Waals surface area contributed by atoms with E-state index >= 15 is 0 Å². The predicted molar refractivity (Wildman–Crippen MR) is 106 cm³/mol. The number of nitrogens with one attached hydrogen (secondary N) is 1. The second-order valence-corrected chi connectivity index (χ2v) is 8.11. The molecule has 1 heterocycles. The number of hydrogen-bond donors (Lipinski definition) is 1. The van der Waals surface area contributed by atoms with Gasteiger partial charge in [0.1, 0.15) is 0 Å². The molecular formula is C21H23ClN2O2. The molecule has 1 N–H and O–H groups in total. The fourth-order valence-electron chi connectivity index (χ4n) is 3.26. The average molecular weight is 371 g/mol. The summed E-state index contributed by atoms with van der Waals surface area (Å²) in [5.74, 6) is -0.112. The summed E-state index contributed by atoms with van der Waals surface area (Å²) in [4.78, 5) is 26.7. The second kappa shape index (κ2) is 6.76. The number of para-hydroxylation sites is 1. The summed E-state index contributed by atoms with van der Waals surface area (Å²) >= 11 is 6.24. The lowest BCUT2D eigenvalue weighted by molar-refractivity contribution is -0.123. The van der Waals surface area contributed by atoms with Crippen LogP contribution in [0.25, 0.3) is 0 Å². The smallest absolute Gasteiger partial charge is 0.229 e. The summed E-state index contributed by atoms with van der Waals surface area (Å²) in [5, 5.41) is 3.58. The van der Waals surface area contributed by atoms with Crippen LogP contribution in [0.1, 0.15) is 44.9 Å². The minimum absolute atomic E-state index is 0.0342. The lowest BCUT2D eigenvalue weighted by Gasteiger charge is -2.27. The van der Waals surface area contributed by atoms with Crippen LogP contribution in [-0.4, -0.2) is 11.8 Å². The molecule has 0 saturated heterocycles. The van der Waals surface area contributed by atoms with E-state index in [2.05, 4.69) is 5.32 Å². The Kier molecular flexibility index (Phi) is 4.80. The predicted octanol–water partition coefficient (Wildman–Crippen LogP) is 4.97. The standard InChI is InChI=1S/C21H23ClN2O2/c1-13(25)24-18-8-6-5-7-14(18)11-19(24)16-12-15(22)9-10-17(16)23-20(26)21(2,3)4/h5-10,12,19H,11H2,1-4H3,(H,23,26). The monoisotopic (exact) mass is 370 g/mol. The SMILES string of the molecule is CC(=O)N1c2ccccc2CC1c1cc(Cl)ccc1NC(=O)C(C)(C)C. The van der Waals surface area contributed by atoms with Crippen LogP contribution in [0.2, 0.25) is 5.02 Å². The molecule has 2 aromatic rings. The molecule has 0 aromatic heterocycles. The van der Waals surface area contributed by atoms with Crippen molar-refractivity contribution in [2.24, 2.45) is 5.41 Å². The van der Waals surface area contributed by atoms with Crippen molar-refractivity contribution in [1.82, 2.24) is 0 Å². The molecule has 0 fully saturated rings. The van der Waals surface area contributed by atoms with Crippen molar-refractivity contribution in [3.05, 3.63) is 58.6 Å². The Morgan fingerprint density at radius 3 is 2.50 bits per heavy atom. The van der Waals surface area contributed by atoms with Crippen molar-refractivity contribution < 1.29 is 9.59 Å². The maximum atomic E-state index is 12.5. The molecule has 3 rings (SSSR count). The molecule has 0 bridgehead atoms. The zero-order chi connectivity index (χ0) is 19.1. The molecule has 2 amide bonds. The van der Waals surface area contributed by atoms with E-state index in [4.69, 9.17) is 11.6 Å². The topological polar surface area (TPSA) is 49.4 Å². The third-order valence-electron chi connectivity index (χ3n) is 4.62. The molecule has 5 heteroatoms. The number of halogens is 1. The Labute approximate surface area is 159 Å². The van der Waals surface area contributed by atoms with E-state index in [-0.39, 0.29) is 17.9 Å². The van der Waals surface area contributed by atoms with E-state index in [1.807, 2.05) is 57.2 Å². The Morgan fingerprint density at radius 1 is 1.15 bits per heavy atom. The highest BCUT2D eigenvalue weighted by molar-refractivity contribution is 6.30. The molecule has 0 saturated carbocycles. The Hall–Kier alpha value is -2.33. The van der Waals surface area contributed by atoms with E-state index in [0.29, 0.717) is 17.1 Å². The van der Waals surface area contributed by atoms with Crippen LogP contribution in [0.5, 0.6) is 0 Å². The molecule has 0 aliphatic carbocycles. The Morgan fingerprint density at radius 2 is 1.85 bits per heavy atom. The fourth-order valence-corrected chi connectivity index (χ4v) is 3.44. The van der Waals surface area contributed by atoms with Crippen LogP contribution in [0.3, 0.4) is 0 Å².